The standard InChI is InChI=1S/C18H25/c1-2-4-6-8-10-12-14-16-18-17-15-13-11-9-7-5-3-1/h1-9H,10,12-18H2/b3-1+,4-2+,7-5-,8-6-,11-9?. The van der Waals surface area contributed by atoms with Gasteiger partial charge in [-0.15, -0.1) is 0 Å². The summed E-state index contributed by atoms with van der Waals surface area (Å²) >= 11 is 0. The molecule has 18 heavy (non-hydrogen) atoms. The highest BCUT2D eigenvalue weighted by molar-refractivity contribution is 5.17. The smallest absolute Gasteiger partial charge is 0.0276 e. The first kappa shape index (κ1) is 14.8. The molecule has 0 aromatic rings. The van der Waals surface area contributed by atoms with Crippen molar-refractivity contribution in [2.24, 2.45) is 0 Å². The first-order chi connectivity index (χ1) is 9.00. The Morgan fingerprint density at radius 1 is 0.556 bits per heavy atom. The van der Waals surface area contributed by atoms with Crippen LogP contribution in [0.3, 0.4) is 0 Å². The van der Waals surface area contributed by atoms with E-state index in [0.717, 1.165) is 6.42 Å². The molecule has 0 aromatic carbocycles. The summed E-state index contributed by atoms with van der Waals surface area (Å²) in [7, 11) is 0. The van der Waals surface area contributed by atoms with Crippen LogP contribution in [0.25, 0.3) is 0 Å². The van der Waals surface area contributed by atoms with Crippen LogP contribution in [-0.2, 0) is 0 Å². The van der Waals surface area contributed by atoms with E-state index in [1.165, 1.54) is 44.9 Å². The van der Waals surface area contributed by atoms with Gasteiger partial charge in [0.15, 0.2) is 0 Å². The molecule has 0 aromatic heterocycles. The zero-order valence-electron chi connectivity index (χ0n) is 11.4. The largest absolute Gasteiger partial charge is 0.0845 e. The molecule has 0 nitrogen and oxygen atoms in total. The molecule has 0 unspecified atom stereocenters. The van der Waals surface area contributed by atoms with Crippen molar-refractivity contribution in [3.05, 3.63) is 60.8 Å². The fraction of sp³-hybridized carbons (Fsp3) is 0.444. The first-order valence-corrected chi connectivity index (χ1v) is 7.22. The molecular formula is C18H25. The van der Waals surface area contributed by atoms with Gasteiger partial charge in [-0.25, -0.2) is 0 Å². The van der Waals surface area contributed by atoms with E-state index in [9.17, 15) is 0 Å². The Labute approximate surface area is 112 Å². The van der Waals surface area contributed by atoms with E-state index in [-0.39, 0.29) is 0 Å². The summed E-state index contributed by atoms with van der Waals surface area (Å²) in [5, 5.41) is 0. The van der Waals surface area contributed by atoms with Gasteiger partial charge in [-0.05, 0) is 31.8 Å². The Morgan fingerprint density at radius 3 is 2.00 bits per heavy atom. The zero-order chi connectivity index (χ0) is 12.7. The lowest BCUT2D eigenvalue weighted by atomic mass is 10.1. The van der Waals surface area contributed by atoms with Crippen molar-refractivity contribution in [3.63, 3.8) is 0 Å². The van der Waals surface area contributed by atoms with Crippen LogP contribution in [0.5, 0.6) is 0 Å². The Kier molecular flexibility index (Phi) is 9.97. The van der Waals surface area contributed by atoms with E-state index in [0.29, 0.717) is 0 Å². The molecule has 0 heteroatoms. The highest BCUT2D eigenvalue weighted by Crippen LogP contribution is 2.09. The maximum absolute atomic E-state index is 3.31. The minimum Gasteiger partial charge on any atom is -0.0845 e. The Morgan fingerprint density at radius 2 is 1.17 bits per heavy atom. The molecule has 0 N–H and O–H groups in total. The molecule has 0 amide bonds. The van der Waals surface area contributed by atoms with Crippen molar-refractivity contribution in [2.75, 3.05) is 0 Å². The van der Waals surface area contributed by atoms with Crippen LogP contribution in [0.15, 0.2) is 54.7 Å². The number of hydrogen-bond acceptors (Lipinski definition) is 0. The minimum absolute atomic E-state index is 1.09. The van der Waals surface area contributed by atoms with Crippen molar-refractivity contribution in [1.29, 1.82) is 0 Å². The summed E-state index contributed by atoms with van der Waals surface area (Å²) in [6.45, 7) is 0. The fourth-order valence-corrected chi connectivity index (χ4v) is 1.90. The van der Waals surface area contributed by atoms with Crippen LogP contribution in [-0.4, -0.2) is 0 Å². The quantitative estimate of drug-likeness (QED) is 0.510. The second kappa shape index (κ2) is 12.2. The van der Waals surface area contributed by atoms with Crippen molar-refractivity contribution in [1.82, 2.24) is 0 Å². The van der Waals surface area contributed by atoms with Crippen LogP contribution in [0.1, 0.15) is 51.4 Å². The maximum atomic E-state index is 3.31. The zero-order valence-corrected chi connectivity index (χ0v) is 11.4. The maximum Gasteiger partial charge on any atom is -0.0276 e. The van der Waals surface area contributed by atoms with Crippen LogP contribution in [0.2, 0.25) is 0 Å². The normalized spacial score (nSPS) is 28.4. The number of allylic oxidation sites excluding steroid dienone is 10. The molecule has 0 spiro atoms. The van der Waals surface area contributed by atoms with Gasteiger partial charge in [0.1, 0.15) is 0 Å². The monoisotopic (exact) mass is 241 g/mol. The van der Waals surface area contributed by atoms with Gasteiger partial charge in [0.05, 0.1) is 0 Å². The summed E-state index contributed by atoms with van der Waals surface area (Å²) in [6.07, 6.45) is 32.5. The number of rotatable bonds is 0. The lowest BCUT2D eigenvalue weighted by Crippen LogP contribution is -1.79. The second-order valence-electron chi connectivity index (χ2n) is 4.61. The van der Waals surface area contributed by atoms with Gasteiger partial charge in [0.25, 0.3) is 0 Å². The molecule has 0 aliphatic heterocycles. The van der Waals surface area contributed by atoms with Crippen LogP contribution < -0.4 is 0 Å². The van der Waals surface area contributed by atoms with E-state index < -0.39 is 0 Å². The molecule has 0 saturated carbocycles. The molecule has 1 rings (SSSR count). The van der Waals surface area contributed by atoms with Crippen LogP contribution in [0.4, 0.5) is 0 Å². The van der Waals surface area contributed by atoms with Gasteiger partial charge in [-0.1, -0.05) is 80.4 Å². The highest BCUT2D eigenvalue weighted by atomic mass is 14.0. The van der Waals surface area contributed by atoms with Crippen molar-refractivity contribution in [2.45, 2.75) is 51.4 Å². The topological polar surface area (TPSA) is 0 Å². The molecule has 0 fully saturated rings. The summed E-state index contributed by atoms with van der Waals surface area (Å²) in [5.74, 6) is 0. The van der Waals surface area contributed by atoms with E-state index in [1.807, 2.05) is 24.3 Å². The van der Waals surface area contributed by atoms with Gasteiger partial charge >= 0.3 is 0 Å². The molecule has 1 aliphatic rings. The SMILES string of the molecule is [C]1=C/C=C\C=C\C=C\C=C/CCCCCCCC/1. The summed E-state index contributed by atoms with van der Waals surface area (Å²) in [4.78, 5) is 0. The van der Waals surface area contributed by atoms with Gasteiger partial charge in [0.2, 0.25) is 0 Å². The third-order valence-electron chi connectivity index (χ3n) is 2.96. The van der Waals surface area contributed by atoms with E-state index in [4.69, 9.17) is 0 Å². The molecule has 0 saturated heterocycles. The van der Waals surface area contributed by atoms with E-state index in [1.54, 1.807) is 0 Å². The summed E-state index contributed by atoms with van der Waals surface area (Å²) < 4.78 is 0. The van der Waals surface area contributed by atoms with Crippen LogP contribution in [0, 0.1) is 6.08 Å². The molecule has 0 atom stereocenters. The lowest BCUT2D eigenvalue weighted by Gasteiger charge is -1.98. The van der Waals surface area contributed by atoms with Crippen LogP contribution >= 0.6 is 0 Å². The van der Waals surface area contributed by atoms with Crippen molar-refractivity contribution < 1.29 is 0 Å². The molecular weight excluding hydrogens is 216 g/mol. The molecule has 1 aliphatic carbocycles. The predicted molar refractivity (Wildman–Crippen MR) is 81.3 cm³/mol. The Hall–Kier alpha value is -1.30. The lowest BCUT2D eigenvalue weighted by molar-refractivity contribution is 0.598. The van der Waals surface area contributed by atoms with Gasteiger partial charge in [-0.2, -0.15) is 0 Å². The second-order valence-corrected chi connectivity index (χ2v) is 4.61. The van der Waals surface area contributed by atoms with E-state index >= 15 is 0 Å². The molecule has 97 valence electrons. The fourth-order valence-electron chi connectivity index (χ4n) is 1.90. The third-order valence-corrected chi connectivity index (χ3v) is 2.96. The molecule has 1 radical (unpaired) electrons. The Balaban J connectivity index is 2.35. The Bertz CT molecular complexity index is 281. The molecule has 0 heterocycles. The highest BCUT2D eigenvalue weighted by Gasteiger charge is 1.89. The predicted octanol–water partition coefficient (Wildman–Crippen LogP) is 5.70. The van der Waals surface area contributed by atoms with E-state index in [2.05, 4.69) is 36.5 Å². The van der Waals surface area contributed by atoms with Gasteiger partial charge in [0, 0.05) is 0 Å². The average molecular weight is 241 g/mol. The first-order valence-electron chi connectivity index (χ1n) is 7.22. The summed E-state index contributed by atoms with van der Waals surface area (Å²) in [5.41, 5.74) is 0. The average Bonchev–Trinajstić information content (AvgIpc) is 2.39. The van der Waals surface area contributed by atoms with Gasteiger partial charge in [-0.3, -0.25) is 0 Å². The van der Waals surface area contributed by atoms with Crippen molar-refractivity contribution in [3.8, 4) is 0 Å². The summed E-state index contributed by atoms with van der Waals surface area (Å²) in [6, 6.07) is 0. The van der Waals surface area contributed by atoms with Crippen molar-refractivity contribution >= 4 is 0 Å². The number of hydrogen-bond donors (Lipinski definition) is 0. The molecule has 0 bridgehead atoms. The van der Waals surface area contributed by atoms with Gasteiger partial charge < -0.3 is 0 Å². The minimum atomic E-state index is 1.09. The third kappa shape index (κ3) is 9.89.